The summed E-state index contributed by atoms with van der Waals surface area (Å²) in [5.41, 5.74) is 2.80. The Morgan fingerprint density at radius 3 is 2.84 bits per heavy atom. The molecular formula is C14H21NO3S. The Labute approximate surface area is 115 Å². The number of aryl methyl sites for hydroxylation is 1. The molecule has 0 spiro atoms. The maximum atomic E-state index is 10.6. The zero-order chi connectivity index (χ0) is 13.7. The molecule has 0 heterocycles. The highest BCUT2D eigenvalue weighted by atomic mass is 32.2. The van der Waals surface area contributed by atoms with Crippen LogP contribution >= 0.6 is 0 Å². The number of fused-ring (bicyclic) bond motifs is 1. The van der Waals surface area contributed by atoms with E-state index in [9.17, 15) is 8.42 Å². The normalized spacial score (nSPS) is 19.1. The predicted octanol–water partition coefficient (Wildman–Crippen LogP) is 2.32. The predicted molar refractivity (Wildman–Crippen MR) is 75.8 cm³/mol. The van der Waals surface area contributed by atoms with Crippen LogP contribution in [0.4, 0.5) is 0 Å². The van der Waals surface area contributed by atoms with Gasteiger partial charge in [-0.2, -0.15) is 8.42 Å². The lowest BCUT2D eigenvalue weighted by Gasteiger charge is -2.26. The highest BCUT2D eigenvalue weighted by Crippen LogP contribution is 2.29. The molecule has 0 amide bonds. The lowest BCUT2D eigenvalue weighted by molar-refractivity contribution is 0.450. The van der Waals surface area contributed by atoms with Crippen molar-refractivity contribution in [1.82, 2.24) is 5.32 Å². The summed E-state index contributed by atoms with van der Waals surface area (Å²) in [7, 11) is -3.81. The number of benzene rings is 1. The van der Waals surface area contributed by atoms with Gasteiger partial charge in [-0.25, -0.2) is 0 Å². The van der Waals surface area contributed by atoms with Crippen molar-refractivity contribution in [1.29, 1.82) is 0 Å². The molecule has 19 heavy (non-hydrogen) atoms. The van der Waals surface area contributed by atoms with Crippen LogP contribution in [-0.4, -0.2) is 25.3 Å². The van der Waals surface area contributed by atoms with Crippen LogP contribution in [-0.2, 0) is 16.5 Å². The maximum Gasteiger partial charge on any atom is 0.264 e. The molecule has 0 bridgehead atoms. The second-order valence-corrected chi connectivity index (χ2v) is 6.66. The first kappa shape index (κ1) is 14.5. The lowest BCUT2D eigenvalue weighted by Crippen LogP contribution is -2.26. The Hall–Kier alpha value is -0.910. The molecule has 4 nitrogen and oxygen atoms in total. The van der Waals surface area contributed by atoms with E-state index in [-0.39, 0.29) is 5.75 Å². The molecule has 1 aromatic carbocycles. The number of hydrogen-bond donors (Lipinski definition) is 2. The van der Waals surface area contributed by atoms with Crippen molar-refractivity contribution >= 4 is 10.1 Å². The molecule has 0 fully saturated rings. The largest absolute Gasteiger partial charge is 0.310 e. The van der Waals surface area contributed by atoms with Crippen molar-refractivity contribution in [3.8, 4) is 0 Å². The first-order valence-electron chi connectivity index (χ1n) is 6.82. The van der Waals surface area contributed by atoms with Gasteiger partial charge in [0.15, 0.2) is 0 Å². The summed E-state index contributed by atoms with van der Waals surface area (Å²) < 4.78 is 29.8. The zero-order valence-electron chi connectivity index (χ0n) is 11.0. The Bertz CT molecular complexity index is 513. The van der Waals surface area contributed by atoms with Crippen LogP contribution in [0, 0.1) is 0 Å². The van der Waals surface area contributed by atoms with E-state index in [4.69, 9.17) is 4.55 Å². The van der Waals surface area contributed by atoms with Gasteiger partial charge >= 0.3 is 0 Å². The topological polar surface area (TPSA) is 66.4 Å². The summed E-state index contributed by atoms with van der Waals surface area (Å²) in [5.74, 6) is -0.143. The summed E-state index contributed by atoms with van der Waals surface area (Å²) in [6.07, 6.45) is 4.74. The smallest absolute Gasteiger partial charge is 0.264 e. The fourth-order valence-corrected chi connectivity index (χ4v) is 3.22. The second-order valence-electron chi connectivity index (χ2n) is 5.09. The third-order valence-electron chi connectivity index (χ3n) is 3.59. The number of hydrogen-bond acceptors (Lipinski definition) is 3. The van der Waals surface area contributed by atoms with E-state index in [1.165, 1.54) is 17.5 Å². The monoisotopic (exact) mass is 283 g/mol. The average molecular weight is 283 g/mol. The molecule has 106 valence electrons. The molecule has 0 saturated carbocycles. The van der Waals surface area contributed by atoms with Crippen molar-refractivity contribution in [2.24, 2.45) is 0 Å². The van der Waals surface area contributed by atoms with Crippen molar-refractivity contribution in [3.63, 3.8) is 0 Å². The van der Waals surface area contributed by atoms with Gasteiger partial charge in [-0.05, 0) is 49.8 Å². The molecule has 1 atom stereocenters. The third kappa shape index (κ3) is 4.60. The van der Waals surface area contributed by atoms with Crippen LogP contribution in [0.2, 0.25) is 0 Å². The van der Waals surface area contributed by atoms with Gasteiger partial charge in [0, 0.05) is 6.04 Å². The van der Waals surface area contributed by atoms with Gasteiger partial charge in [0.25, 0.3) is 10.1 Å². The summed E-state index contributed by atoms with van der Waals surface area (Å²) in [6.45, 7) is 0.786. The van der Waals surface area contributed by atoms with Crippen molar-refractivity contribution < 1.29 is 13.0 Å². The van der Waals surface area contributed by atoms with E-state index in [0.29, 0.717) is 12.5 Å². The van der Waals surface area contributed by atoms with Crippen molar-refractivity contribution in [2.45, 2.75) is 38.1 Å². The number of unbranched alkanes of at least 4 members (excludes halogenated alkanes) is 1. The average Bonchev–Trinajstić information content (AvgIpc) is 2.37. The van der Waals surface area contributed by atoms with Gasteiger partial charge in [-0.1, -0.05) is 24.3 Å². The molecule has 0 radical (unpaired) electrons. The van der Waals surface area contributed by atoms with Gasteiger partial charge in [0.2, 0.25) is 0 Å². The van der Waals surface area contributed by atoms with Gasteiger partial charge in [-0.15, -0.1) is 0 Å². The van der Waals surface area contributed by atoms with Gasteiger partial charge in [-0.3, -0.25) is 4.55 Å². The Morgan fingerprint density at radius 2 is 2.05 bits per heavy atom. The van der Waals surface area contributed by atoms with Gasteiger partial charge in [0.05, 0.1) is 5.75 Å². The van der Waals surface area contributed by atoms with Crippen LogP contribution in [0.25, 0.3) is 0 Å². The highest BCUT2D eigenvalue weighted by molar-refractivity contribution is 7.85. The summed E-state index contributed by atoms with van der Waals surface area (Å²) in [4.78, 5) is 0. The van der Waals surface area contributed by atoms with Crippen LogP contribution < -0.4 is 5.32 Å². The van der Waals surface area contributed by atoms with Crippen LogP contribution in [0.1, 0.15) is 42.9 Å². The van der Waals surface area contributed by atoms with E-state index in [2.05, 4.69) is 29.6 Å². The summed E-state index contributed by atoms with van der Waals surface area (Å²) in [5, 5.41) is 3.49. The minimum atomic E-state index is -3.81. The minimum Gasteiger partial charge on any atom is -0.310 e. The third-order valence-corrected chi connectivity index (χ3v) is 4.39. The SMILES string of the molecule is O=S(=O)(O)CCCCNC1CCCc2ccccc21. The van der Waals surface area contributed by atoms with E-state index in [1.54, 1.807) is 0 Å². The quantitative estimate of drug-likeness (QED) is 0.621. The molecule has 1 aliphatic carbocycles. The van der Waals surface area contributed by atoms with E-state index in [1.807, 2.05) is 0 Å². The van der Waals surface area contributed by atoms with Crippen LogP contribution in [0.15, 0.2) is 24.3 Å². The molecule has 0 aromatic heterocycles. The van der Waals surface area contributed by atoms with E-state index >= 15 is 0 Å². The number of rotatable bonds is 6. The van der Waals surface area contributed by atoms with E-state index in [0.717, 1.165) is 25.8 Å². The Morgan fingerprint density at radius 1 is 1.26 bits per heavy atom. The standard InChI is InChI=1S/C14H21NO3S/c16-19(17,18)11-4-3-10-15-14-9-5-7-12-6-1-2-8-13(12)14/h1-2,6,8,14-15H,3-5,7,9-11H2,(H,16,17,18). The molecular weight excluding hydrogens is 262 g/mol. The molecule has 2 N–H and O–H groups in total. The molecule has 0 saturated heterocycles. The molecule has 1 aromatic rings. The molecule has 1 aliphatic rings. The first-order valence-corrected chi connectivity index (χ1v) is 8.43. The molecule has 0 aliphatic heterocycles. The maximum absolute atomic E-state index is 10.6. The van der Waals surface area contributed by atoms with Crippen LogP contribution in [0.5, 0.6) is 0 Å². The number of nitrogens with one attached hydrogen (secondary N) is 1. The van der Waals surface area contributed by atoms with Crippen LogP contribution in [0.3, 0.4) is 0 Å². The Balaban J connectivity index is 1.78. The first-order chi connectivity index (χ1) is 9.06. The van der Waals surface area contributed by atoms with Gasteiger partial charge in [0.1, 0.15) is 0 Å². The Kier molecular flexibility index (Phi) is 4.96. The highest BCUT2D eigenvalue weighted by Gasteiger charge is 2.18. The summed E-state index contributed by atoms with van der Waals surface area (Å²) >= 11 is 0. The molecule has 2 rings (SSSR count). The minimum absolute atomic E-state index is 0.143. The fourth-order valence-electron chi connectivity index (χ4n) is 2.65. The van der Waals surface area contributed by atoms with Crippen molar-refractivity contribution in [3.05, 3.63) is 35.4 Å². The van der Waals surface area contributed by atoms with Gasteiger partial charge < -0.3 is 5.32 Å². The van der Waals surface area contributed by atoms with Crippen molar-refractivity contribution in [2.75, 3.05) is 12.3 Å². The summed E-state index contributed by atoms with van der Waals surface area (Å²) in [6, 6.07) is 8.88. The lowest BCUT2D eigenvalue weighted by atomic mass is 9.88. The second kappa shape index (κ2) is 6.50. The zero-order valence-corrected chi connectivity index (χ0v) is 11.8. The molecule has 5 heteroatoms. The van der Waals surface area contributed by atoms with E-state index < -0.39 is 10.1 Å². The molecule has 1 unspecified atom stereocenters. The fraction of sp³-hybridized carbons (Fsp3) is 0.571.